The van der Waals surface area contributed by atoms with Gasteiger partial charge in [0, 0.05) is 30.6 Å². The van der Waals surface area contributed by atoms with Crippen molar-refractivity contribution in [2.45, 2.75) is 27.2 Å². The second-order valence-electron chi connectivity index (χ2n) is 9.84. The van der Waals surface area contributed by atoms with Gasteiger partial charge in [-0.3, -0.25) is 19.0 Å². The molecule has 0 saturated heterocycles. The third kappa shape index (κ3) is 4.86. The van der Waals surface area contributed by atoms with Gasteiger partial charge in [0.25, 0.3) is 0 Å². The number of ketones is 1. The van der Waals surface area contributed by atoms with Crippen LogP contribution in [-0.4, -0.2) is 20.2 Å². The summed E-state index contributed by atoms with van der Waals surface area (Å²) < 4.78 is 41.8. The average Bonchev–Trinajstić information content (AvgIpc) is 3.31. The molecule has 4 aromatic heterocycles. The van der Waals surface area contributed by atoms with Crippen molar-refractivity contribution in [3.05, 3.63) is 123 Å². The minimum Gasteiger partial charge on any atom is -0.452 e. The third-order valence-electron chi connectivity index (χ3n) is 6.90. The molecule has 204 valence electrons. The fourth-order valence-electron chi connectivity index (χ4n) is 4.71. The summed E-state index contributed by atoms with van der Waals surface area (Å²) in [4.78, 5) is 35.7. The van der Waals surface area contributed by atoms with E-state index in [2.05, 4.69) is 9.97 Å². The topological polar surface area (TPSA) is 86.7 Å². The van der Waals surface area contributed by atoms with Crippen LogP contribution in [0.3, 0.4) is 0 Å². The number of aromatic nitrogens is 3. The number of rotatable bonds is 6. The number of nitrogens with zero attached hydrogens (tertiary/aromatic N) is 3. The first-order valence-electron chi connectivity index (χ1n) is 12.8. The van der Waals surface area contributed by atoms with Gasteiger partial charge in [-0.1, -0.05) is 18.2 Å². The van der Waals surface area contributed by atoms with Crippen LogP contribution in [0.5, 0.6) is 11.5 Å². The zero-order valence-electron chi connectivity index (χ0n) is 22.4. The molecule has 0 radical (unpaired) electrons. The highest BCUT2D eigenvalue weighted by Crippen LogP contribution is 2.31. The van der Waals surface area contributed by atoms with Crippen molar-refractivity contribution in [3.8, 4) is 22.6 Å². The quantitative estimate of drug-likeness (QED) is 0.209. The van der Waals surface area contributed by atoms with E-state index in [0.717, 1.165) is 11.3 Å². The minimum absolute atomic E-state index is 0.0392. The first-order valence-corrected chi connectivity index (χ1v) is 12.8. The molecule has 2 aromatic carbocycles. The van der Waals surface area contributed by atoms with Gasteiger partial charge in [-0.25, -0.2) is 13.8 Å². The van der Waals surface area contributed by atoms with Crippen molar-refractivity contribution in [1.82, 2.24) is 14.4 Å². The Hall–Kier alpha value is -5.18. The van der Waals surface area contributed by atoms with Crippen molar-refractivity contribution >= 4 is 22.5 Å². The van der Waals surface area contributed by atoms with E-state index in [9.17, 15) is 14.0 Å². The van der Waals surface area contributed by atoms with Crippen molar-refractivity contribution in [2.24, 2.45) is 0 Å². The first kappa shape index (κ1) is 26.1. The molecule has 0 fully saturated rings. The van der Waals surface area contributed by atoms with Crippen LogP contribution < -0.4 is 10.2 Å². The standard InChI is InChI=1S/C32H23F2N3O4/c1-17-12-25-30(36-19(17)3)28(10-11-35-25)41-27-9-4-20(13-24(27)34)14-26(38)23-16-37-15-18(2)40-32(37)29(31(23)39)21-5-7-22(33)8-6-21/h4-13,15-16H,14H2,1-3H3. The van der Waals surface area contributed by atoms with E-state index >= 15 is 4.39 Å². The molecule has 6 rings (SSSR count). The van der Waals surface area contributed by atoms with Crippen LogP contribution >= 0.6 is 0 Å². The average molecular weight is 552 g/mol. The molecule has 0 unspecified atom stereocenters. The molecule has 0 aliphatic carbocycles. The molecule has 4 heterocycles. The number of aryl methyl sites for hydroxylation is 3. The molecule has 0 saturated carbocycles. The lowest BCUT2D eigenvalue weighted by molar-refractivity contribution is 0.0991. The lowest BCUT2D eigenvalue weighted by Crippen LogP contribution is -2.20. The van der Waals surface area contributed by atoms with Crippen molar-refractivity contribution in [2.75, 3.05) is 0 Å². The number of hydrogen-bond donors (Lipinski definition) is 0. The predicted molar refractivity (Wildman–Crippen MR) is 150 cm³/mol. The number of carbonyl (C=O) groups excluding carboxylic acids is 1. The van der Waals surface area contributed by atoms with Gasteiger partial charge in [0.15, 0.2) is 23.1 Å². The normalized spacial score (nSPS) is 11.3. The molecule has 9 heteroatoms. The fourth-order valence-corrected chi connectivity index (χ4v) is 4.71. The van der Waals surface area contributed by atoms with E-state index in [4.69, 9.17) is 9.15 Å². The smallest absolute Gasteiger partial charge is 0.215 e. The number of oxazole rings is 1. The van der Waals surface area contributed by atoms with E-state index in [1.807, 2.05) is 19.9 Å². The summed E-state index contributed by atoms with van der Waals surface area (Å²) in [5.41, 5.74) is 3.44. The summed E-state index contributed by atoms with van der Waals surface area (Å²) >= 11 is 0. The van der Waals surface area contributed by atoms with Gasteiger partial charge in [0.1, 0.15) is 17.1 Å². The van der Waals surface area contributed by atoms with Crippen molar-refractivity contribution < 1.29 is 22.7 Å². The first-order chi connectivity index (χ1) is 19.7. The molecule has 0 aliphatic rings. The molecule has 0 spiro atoms. The Morgan fingerprint density at radius 3 is 2.51 bits per heavy atom. The Labute approximate surface area is 232 Å². The number of pyridine rings is 3. The maximum absolute atomic E-state index is 15.2. The monoisotopic (exact) mass is 551 g/mol. The molecule has 0 amide bonds. The molecular formula is C32H23F2N3O4. The SMILES string of the molecule is Cc1cn2cc(C(=O)Cc3ccc(Oc4ccnc5cc(C)c(C)nc45)c(F)c3)c(=O)c(-c3ccc(F)cc3)c2o1. The zero-order chi connectivity index (χ0) is 28.8. The largest absolute Gasteiger partial charge is 0.452 e. The van der Waals surface area contributed by atoms with Crippen LogP contribution in [0.2, 0.25) is 0 Å². The second-order valence-corrected chi connectivity index (χ2v) is 9.84. The van der Waals surface area contributed by atoms with E-state index in [1.54, 1.807) is 35.9 Å². The summed E-state index contributed by atoms with van der Waals surface area (Å²) in [6, 6.07) is 13.1. The second kappa shape index (κ2) is 10.1. The van der Waals surface area contributed by atoms with Gasteiger partial charge in [0.2, 0.25) is 11.1 Å². The van der Waals surface area contributed by atoms with Crippen LogP contribution in [0.1, 0.15) is 32.9 Å². The van der Waals surface area contributed by atoms with Gasteiger partial charge in [-0.15, -0.1) is 0 Å². The van der Waals surface area contributed by atoms with Crippen LogP contribution in [-0.2, 0) is 6.42 Å². The summed E-state index contributed by atoms with van der Waals surface area (Å²) in [6.07, 6.45) is 4.39. The number of carbonyl (C=O) groups is 1. The van der Waals surface area contributed by atoms with E-state index in [0.29, 0.717) is 33.7 Å². The Balaban J connectivity index is 1.31. The van der Waals surface area contributed by atoms with Gasteiger partial charge in [0.05, 0.1) is 22.8 Å². The van der Waals surface area contributed by atoms with Crippen molar-refractivity contribution in [1.29, 1.82) is 0 Å². The molecule has 7 nitrogen and oxygen atoms in total. The van der Waals surface area contributed by atoms with Crippen LogP contribution in [0.4, 0.5) is 8.78 Å². The van der Waals surface area contributed by atoms with Crippen LogP contribution in [0.15, 0.2) is 82.4 Å². The van der Waals surface area contributed by atoms with Gasteiger partial charge in [-0.05, 0) is 67.8 Å². The minimum atomic E-state index is -0.672. The Kier molecular flexibility index (Phi) is 6.42. The van der Waals surface area contributed by atoms with E-state index in [-0.39, 0.29) is 29.0 Å². The van der Waals surface area contributed by atoms with E-state index < -0.39 is 22.8 Å². The lowest BCUT2D eigenvalue weighted by Gasteiger charge is -2.11. The predicted octanol–water partition coefficient (Wildman–Crippen LogP) is 6.92. The summed E-state index contributed by atoms with van der Waals surface area (Å²) in [5, 5.41) is 0. The highest BCUT2D eigenvalue weighted by Gasteiger charge is 2.21. The number of Topliss-reactive ketones (excluding diaryl/α,β-unsaturated/α-hetero) is 1. The van der Waals surface area contributed by atoms with Gasteiger partial charge >= 0.3 is 0 Å². The summed E-state index contributed by atoms with van der Waals surface area (Å²) in [5.74, 6) is -0.796. The Morgan fingerprint density at radius 2 is 1.76 bits per heavy atom. The zero-order valence-corrected chi connectivity index (χ0v) is 22.4. The third-order valence-corrected chi connectivity index (χ3v) is 6.90. The van der Waals surface area contributed by atoms with Gasteiger partial charge < -0.3 is 9.15 Å². The number of halogens is 2. The molecule has 0 N–H and O–H groups in total. The Bertz CT molecular complexity index is 2050. The lowest BCUT2D eigenvalue weighted by atomic mass is 9.99. The number of ether oxygens (including phenoxy) is 1. The summed E-state index contributed by atoms with van der Waals surface area (Å²) in [7, 11) is 0. The molecule has 0 bridgehead atoms. The molecule has 0 aliphatic heterocycles. The number of benzene rings is 2. The van der Waals surface area contributed by atoms with Crippen molar-refractivity contribution in [3.63, 3.8) is 0 Å². The maximum atomic E-state index is 15.2. The van der Waals surface area contributed by atoms with Crippen LogP contribution in [0.25, 0.3) is 27.9 Å². The van der Waals surface area contributed by atoms with E-state index in [1.165, 1.54) is 42.6 Å². The number of hydrogen-bond acceptors (Lipinski definition) is 6. The molecule has 6 aromatic rings. The molecule has 41 heavy (non-hydrogen) atoms. The Morgan fingerprint density at radius 1 is 0.976 bits per heavy atom. The van der Waals surface area contributed by atoms with Gasteiger partial charge in [-0.2, -0.15) is 0 Å². The fraction of sp³-hybridized carbons (Fsp3) is 0.125. The van der Waals surface area contributed by atoms with Crippen LogP contribution in [0, 0.1) is 32.4 Å². The molecule has 0 atom stereocenters. The number of fused-ring (bicyclic) bond motifs is 2. The summed E-state index contributed by atoms with van der Waals surface area (Å²) in [6.45, 7) is 5.52. The maximum Gasteiger partial charge on any atom is 0.215 e. The molecular weight excluding hydrogens is 528 g/mol. The highest BCUT2D eigenvalue weighted by molar-refractivity contribution is 5.99. The highest BCUT2D eigenvalue weighted by atomic mass is 19.1.